The van der Waals surface area contributed by atoms with Gasteiger partial charge in [-0.05, 0) is 18.2 Å². The van der Waals surface area contributed by atoms with Crippen LogP contribution in [0.15, 0.2) is 18.2 Å². The first kappa shape index (κ1) is 9.72. The van der Waals surface area contributed by atoms with Crippen molar-refractivity contribution in [1.29, 1.82) is 0 Å². The first-order valence-corrected chi connectivity index (χ1v) is 5.04. The highest BCUT2D eigenvalue weighted by Gasteiger charge is 2.03. The molecule has 6 heteroatoms. The lowest BCUT2D eigenvalue weighted by Crippen LogP contribution is -2.19. The lowest BCUT2D eigenvalue weighted by Gasteiger charge is -2.02. The highest BCUT2D eigenvalue weighted by Crippen LogP contribution is 2.27. The number of carbonyl (C=O) groups excluding carboxylic acids is 1. The number of fused-ring (bicyclic) bond motifs is 1. The summed E-state index contributed by atoms with van der Waals surface area (Å²) >= 11 is 1.37. The van der Waals surface area contributed by atoms with Gasteiger partial charge in [-0.1, -0.05) is 11.3 Å². The van der Waals surface area contributed by atoms with E-state index in [4.69, 9.17) is 16.2 Å². The molecule has 78 valence electrons. The molecule has 1 aromatic carbocycles. The fraction of sp³-hybridized carbons (Fsp3) is 0.111. The Balaban J connectivity index is 2.26. The van der Waals surface area contributed by atoms with Crippen molar-refractivity contribution in [3.8, 4) is 5.75 Å². The molecule has 0 atom stereocenters. The number of aromatic nitrogens is 1. The molecular formula is C9H9N3O2S. The molecular weight excluding hydrogens is 214 g/mol. The van der Waals surface area contributed by atoms with Crippen molar-refractivity contribution in [2.24, 2.45) is 5.73 Å². The number of nitrogens with zero attached hydrogens (tertiary/aromatic N) is 1. The number of thiazole rings is 1. The minimum absolute atomic E-state index is 0.125. The summed E-state index contributed by atoms with van der Waals surface area (Å²) in [5.41, 5.74) is 11.3. The topological polar surface area (TPSA) is 91.2 Å². The van der Waals surface area contributed by atoms with Crippen LogP contribution in [-0.4, -0.2) is 17.5 Å². The molecule has 0 spiro atoms. The van der Waals surface area contributed by atoms with Gasteiger partial charge in [-0.2, -0.15) is 0 Å². The van der Waals surface area contributed by atoms with Crippen LogP contribution < -0.4 is 16.2 Å². The van der Waals surface area contributed by atoms with E-state index in [2.05, 4.69) is 4.98 Å². The zero-order valence-electron chi connectivity index (χ0n) is 7.77. The van der Waals surface area contributed by atoms with Crippen LogP contribution in [0.2, 0.25) is 0 Å². The molecule has 0 radical (unpaired) electrons. The van der Waals surface area contributed by atoms with E-state index in [0.29, 0.717) is 10.9 Å². The number of benzene rings is 1. The average Bonchev–Trinajstić information content (AvgIpc) is 2.53. The van der Waals surface area contributed by atoms with Gasteiger partial charge in [-0.3, -0.25) is 4.79 Å². The van der Waals surface area contributed by atoms with Crippen molar-refractivity contribution in [3.05, 3.63) is 18.2 Å². The molecule has 2 rings (SSSR count). The molecule has 1 aromatic heterocycles. The lowest BCUT2D eigenvalue weighted by atomic mass is 10.3. The predicted molar refractivity (Wildman–Crippen MR) is 58.7 cm³/mol. The van der Waals surface area contributed by atoms with E-state index in [-0.39, 0.29) is 6.61 Å². The zero-order chi connectivity index (χ0) is 10.8. The molecule has 0 saturated carbocycles. The van der Waals surface area contributed by atoms with E-state index < -0.39 is 5.91 Å². The van der Waals surface area contributed by atoms with Gasteiger partial charge in [0.15, 0.2) is 11.7 Å². The highest BCUT2D eigenvalue weighted by molar-refractivity contribution is 7.22. The standard InChI is InChI=1S/C9H9N3O2S/c10-8(13)4-14-5-1-2-6-7(3-5)15-9(11)12-6/h1-3H,4H2,(H2,10,13)(H2,11,12). The Labute approximate surface area is 89.7 Å². The molecule has 0 fully saturated rings. The van der Waals surface area contributed by atoms with Gasteiger partial charge in [0.05, 0.1) is 10.2 Å². The Bertz CT molecular complexity index is 509. The van der Waals surface area contributed by atoms with E-state index in [1.54, 1.807) is 18.2 Å². The first-order chi connectivity index (χ1) is 7.15. The summed E-state index contributed by atoms with van der Waals surface area (Å²) < 4.78 is 6.07. The normalized spacial score (nSPS) is 10.4. The van der Waals surface area contributed by atoms with Crippen molar-refractivity contribution in [3.63, 3.8) is 0 Å². The molecule has 15 heavy (non-hydrogen) atoms. The van der Waals surface area contributed by atoms with Crippen LogP contribution in [0.3, 0.4) is 0 Å². The van der Waals surface area contributed by atoms with E-state index in [0.717, 1.165) is 10.2 Å². The maximum Gasteiger partial charge on any atom is 0.255 e. The highest BCUT2D eigenvalue weighted by atomic mass is 32.1. The monoisotopic (exact) mass is 223 g/mol. The van der Waals surface area contributed by atoms with Crippen LogP contribution in [0.25, 0.3) is 10.2 Å². The van der Waals surface area contributed by atoms with Gasteiger partial charge in [-0.25, -0.2) is 4.98 Å². The van der Waals surface area contributed by atoms with Gasteiger partial charge in [0, 0.05) is 0 Å². The number of carbonyl (C=O) groups is 1. The van der Waals surface area contributed by atoms with Crippen molar-refractivity contribution in [1.82, 2.24) is 4.98 Å². The quantitative estimate of drug-likeness (QED) is 0.802. The maximum absolute atomic E-state index is 10.5. The van der Waals surface area contributed by atoms with Gasteiger partial charge in [0.2, 0.25) is 0 Å². The lowest BCUT2D eigenvalue weighted by molar-refractivity contribution is -0.119. The number of anilines is 1. The van der Waals surface area contributed by atoms with Gasteiger partial charge in [-0.15, -0.1) is 0 Å². The number of amides is 1. The van der Waals surface area contributed by atoms with E-state index in [1.165, 1.54) is 11.3 Å². The minimum Gasteiger partial charge on any atom is -0.484 e. The molecule has 0 aliphatic heterocycles. The van der Waals surface area contributed by atoms with Crippen LogP contribution in [0.1, 0.15) is 0 Å². The third-order valence-corrected chi connectivity index (χ3v) is 2.60. The Morgan fingerprint density at radius 3 is 3.07 bits per heavy atom. The van der Waals surface area contributed by atoms with E-state index >= 15 is 0 Å². The van der Waals surface area contributed by atoms with Crippen LogP contribution >= 0.6 is 11.3 Å². The summed E-state index contributed by atoms with van der Waals surface area (Å²) in [6, 6.07) is 5.30. The van der Waals surface area contributed by atoms with Gasteiger partial charge >= 0.3 is 0 Å². The van der Waals surface area contributed by atoms with Crippen molar-refractivity contribution in [2.45, 2.75) is 0 Å². The molecule has 5 nitrogen and oxygen atoms in total. The van der Waals surface area contributed by atoms with Gasteiger partial charge in [0.25, 0.3) is 5.91 Å². The Hall–Kier alpha value is -1.82. The number of nitrogens with two attached hydrogens (primary N) is 2. The Morgan fingerprint density at radius 1 is 1.53 bits per heavy atom. The predicted octanol–water partition coefficient (Wildman–Crippen LogP) is 0.743. The number of nitrogen functional groups attached to an aromatic ring is 1. The second-order valence-electron chi connectivity index (χ2n) is 2.94. The summed E-state index contributed by atoms with van der Waals surface area (Å²) in [4.78, 5) is 14.6. The van der Waals surface area contributed by atoms with E-state index in [1.807, 2.05) is 0 Å². The average molecular weight is 223 g/mol. The Kier molecular flexibility index (Phi) is 2.42. The second-order valence-corrected chi connectivity index (χ2v) is 4.00. The molecule has 1 heterocycles. The number of primary amides is 1. The van der Waals surface area contributed by atoms with Crippen LogP contribution in [0, 0.1) is 0 Å². The van der Waals surface area contributed by atoms with Crippen LogP contribution in [0.5, 0.6) is 5.75 Å². The third-order valence-electron chi connectivity index (χ3n) is 1.76. The molecule has 0 bridgehead atoms. The molecule has 2 aromatic rings. The molecule has 4 N–H and O–H groups in total. The summed E-state index contributed by atoms with van der Waals surface area (Å²) in [6.45, 7) is -0.125. The largest absolute Gasteiger partial charge is 0.484 e. The molecule has 0 aliphatic rings. The molecule has 0 aliphatic carbocycles. The molecule has 1 amide bonds. The smallest absolute Gasteiger partial charge is 0.255 e. The molecule has 0 saturated heterocycles. The maximum atomic E-state index is 10.5. The Morgan fingerprint density at radius 2 is 2.33 bits per heavy atom. The molecule has 0 unspecified atom stereocenters. The number of rotatable bonds is 3. The van der Waals surface area contributed by atoms with Crippen LogP contribution in [0.4, 0.5) is 5.13 Å². The van der Waals surface area contributed by atoms with Crippen molar-refractivity contribution < 1.29 is 9.53 Å². The van der Waals surface area contributed by atoms with Crippen molar-refractivity contribution >= 4 is 32.6 Å². The third kappa shape index (κ3) is 2.16. The fourth-order valence-electron chi connectivity index (χ4n) is 1.17. The zero-order valence-corrected chi connectivity index (χ0v) is 8.58. The fourth-order valence-corrected chi connectivity index (χ4v) is 1.93. The summed E-state index contributed by atoms with van der Waals surface area (Å²) in [6.07, 6.45) is 0. The summed E-state index contributed by atoms with van der Waals surface area (Å²) in [5.74, 6) is 0.0869. The van der Waals surface area contributed by atoms with Gasteiger partial charge < -0.3 is 16.2 Å². The second kappa shape index (κ2) is 3.74. The first-order valence-electron chi connectivity index (χ1n) is 4.22. The van der Waals surface area contributed by atoms with Crippen LogP contribution in [-0.2, 0) is 4.79 Å². The minimum atomic E-state index is -0.501. The number of hydrogen-bond acceptors (Lipinski definition) is 5. The van der Waals surface area contributed by atoms with Gasteiger partial charge in [0.1, 0.15) is 5.75 Å². The SMILES string of the molecule is NC(=O)COc1ccc2nc(N)sc2c1. The summed E-state index contributed by atoms with van der Waals surface area (Å²) in [5, 5.41) is 0.511. The van der Waals surface area contributed by atoms with E-state index in [9.17, 15) is 4.79 Å². The summed E-state index contributed by atoms with van der Waals surface area (Å²) in [7, 11) is 0. The van der Waals surface area contributed by atoms with Crippen molar-refractivity contribution in [2.75, 3.05) is 12.3 Å². The number of hydrogen-bond donors (Lipinski definition) is 2. The number of ether oxygens (including phenoxy) is 1.